The molecule has 2 aliphatic rings. The fraction of sp³-hybridized carbons (Fsp3) is 0.600. The third-order valence-electron chi connectivity index (χ3n) is 8.66. The molecule has 2 aromatic rings. The molecule has 0 radical (unpaired) electrons. The van der Waals surface area contributed by atoms with Crippen LogP contribution in [0, 0.1) is 35.2 Å². The minimum atomic E-state index is -0.505. The molecular formula is C30H38ClF3. The maximum absolute atomic E-state index is 14.8. The van der Waals surface area contributed by atoms with Crippen molar-refractivity contribution in [1.29, 1.82) is 0 Å². The van der Waals surface area contributed by atoms with E-state index in [2.05, 4.69) is 6.92 Å². The van der Waals surface area contributed by atoms with Crippen molar-refractivity contribution < 1.29 is 13.2 Å². The van der Waals surface area contributed by atoms with Crippen LogP contribution in [0.5, 0.6) is 0 Å². The molecule has 4 rings (SSSR count). The zero-order chi connectivity index (χ0) is 24.1. The molecule has 2 fully saturated rings. The van der Waals surface area contributed by atoms with Crippen LogP contribution < -0.4 is 0 Å². The fourth-order valence-corrected chi connectivity index (χ4v) is 6.36. The van der Waals surface area contributed by atoms with Crippen molar-refractivity contribution in [3.8, 4) is 0 Å². The van der Waals surface area contributed by atoms with Crippen LogP contribution in [0.4, 0.5) is 13.2 Å². The summed E-state index contributed by atoms with van der Waals surface area (Å²) in [6.45, 7) is 2.32. The van der Waals surface area contributed by atoms with E-state index in [0.29, 0.717) is 12.0 Å². The van der Waals surface area contributed by atoms with E-state index in [4.69, 9.17) is 11.6 Å². The van der Waals surface area contributed by atoms with Gasteiger partial charge in [0.2, 0.25) is 0 Å². The lowest BCUT2D eigenvalue weighted by molar-refractivity contribution is 0.227. The Morgan fingerprint density at radius 1 is 0.706 bits per heavy atom. The minimum absolute atomic E-state index is 0.0549. The van der Waals surface area contributed by atoms with E-state index in [9.17, 15) is 13.2 Å². The quantitative estimate of drug-likeness (QED) is 0.345. The zero-order valence-electron chi connectivity index (χ0n) is 20.4. The lowest BCUT2D eigenvalue weighted by Gasteiger charge is -2.32. The van der Waals surface area contributed by atoms with Crippen molar-refractivity contribution in [2.24, 2.45) is 17.8 Å². The summed E-state index contributed by atoms with van der Waals surface area (Å²) in [4.78, 5) is 0. The summed E-state index contributed by atoms with van der Waals surface area (Å²) in [6, 6.07) is 7.59. The minimum Gasteiger partial charge on any atom is -0.207 e. The molecule has 4 heteroatoms. The lowest BCUT2D eigenvalue weighted by Crippen LogP contribution is -2.17. The molecule has 0 bridgehead atoms. The standard InChI is InChI=1S/C30H38ClF3/c1-2-20-3-5-21(6-4-20)7-8-22-9-13-24(14-10-22)25-18-28(32)26(29(33)19-25)15-11-23-12-16-27(31)30(34)17-23/h12,16-22,24H,2-11,13-15H2,1H3. The summed E-state index contributed by atoms with van der Waals surface area (Å²) in [5, 5.41) is 0.0549. The zero-order valence-corrected chi connectivity index (χ0v) is 21.2. The summed E-state index contributed by atoms with van der Waals surface area (Å²) in [6.07, 6.45) is 14.6. The van der Waals surface area contributed by atoms with E-state index < -0.39 is 17.5 Å². The van der Waals surface area contributed by atoms with Gasteiger partial charge < -0.3 is 0 Å². The van der Waals surface area contributed by atoms with Gasteiger partial charge in [-0.2, -0.15) is 0 Å². The Morgan fingerprint density at radius 3 is 1.82 bits per heavy atom. The van der Waals surface area contributed by atoms with Gasteiger partial charge in [-0.15, -0.1) is 0 Å². The van der Waals surface area contributed by atoms with Gasteiger partial charge in [0.1, 0.15) is 17.5 Å². The van der Waals surface area contributed by atoms with Crippen LogP contribution in [-0.2, 0) is 12.8 Å². The molecule has 0 nitrogen and oxygen atoms in total. The van der Waals surface area contributed by atoms with Crippen LogP contribution in [0.1, 0.15) is 100 Å². The Balaban J connectivity index is 1.26. The summed E-state index contributed by atoms with van der Waals surface area (Å²) >= 11 is 5.72. The van der Waals surface area contributed by atoms with Crippen LogP contribution in [0.2, 0.25) is 5.02 Å². The van der Waals surface area contributed by atoms with E-state index >= 15 is 0 Å². The Bertz CT molecular complexity index is 917. The van der Waals surface area contributed by atoms with Crippen LogP contribution in [0.3, 0.4) is 0 Å². The van der Waals surface area contributed by atoms with Gasteiger partial charge in [-0.25, -0.2) is 13.2 Å². The number of benzene rings is 2. The normalized spacial score (nSPS) is 25.4. The van der Waals surface area contributed by atoms with Gasteiger partial charge in [-0.1, -0.05) is 69.5 Å². The lowest BCUT2D eigenvalue weighted by atomic mass is 9.74. The Morgan fingerprint density at radius 2 is 1.26 bits per heavy atom. The molecular weight excluding hydrogens is 453 g/mol. The number of aryl methyl sites for hydroxylation is 1. The van der Waals surface area contributed by atoms with Crippen LogP contribution in [0.25, 0.3) is 0 Å². The van der Waals surface area contributed by atoms with Gasteiger partial charge in [0.05, 0.1) is 5.02 Å². The highest BCUT2D eigenvalue weighted by atomic mass is 35.5. The molecule has 0 aromatic heterocycles. The average molecular weight is 491 g/mol. The van der Waals surface area contributed by atoms with Crippen molar-refractivity contribution in [1.82, 2.24) is 0 Å². The molecule has 0 aliphatic heterocycles. The first kappa shape index (κ1) is 25.6. The number of hydrogen-bond donors (Lipinski definition) is 0. The predicted octanol–water partition coefficient (Wildman–Crippen LogP) is 9.81. The molecule has 2 aromatic carbocycles. The summed E-state index contributed by atoms with van der Waals surface area (Å²) < 4.78 is 43.3. The second-order valence-corrected chi connectivity index (χ2v) is 11.2. The van der Waals surface area contributed by atoms with Crippen molar-refractivity contribution in [3.05, 3.63) is 69.5 Å². The predicted molar refractivity (Wildman–Crippen MR) is 135 cm³/mol. The van der Waals surface area contributed by atoms with Crippen LogP contribution in [0.15, 0.2) is 30.3 Å². The first-order chi connectivity index (χ1) is 16.4. The van der Waals surface area contributed by atoms with Gasteiger partial charge in [-0.3, -0.25) is 0 Å². The monoisotopic (exact) mass is 490 g/mol. The van der Waals surface area contributed by atoms with E-state index in [1.807, 2.05) is 0 Å². The first-order valence-electron chi connectivity index (χ1n) is 13.3. The maximum atomic E-state index is 14.8. The largest absolute Gasteiger partial charge is 0.207 e. The molecule has 0 atom stereocenters. The highest BCUT2D eigenvalue weighted by molar-refractivity contribution is 6.30. The average Bonchev–Trinajstić information content (AvgIpc) is 2.85. The van der Waals surface area contributed by atoms with Crippen molar-refractivity contribution >= 4 is 11.6 Å². The molecule has 0 saturated heterocycles. The van der Waals surface area contributed by atoms with Crippen LogP contribution in [-0.4, -0.2) is 0 Å². The fourth-order valence-electron chi connectivity index (χ4n) is 6.25. The SMILES string of the molecule is CCC1CCC(CCC2CCC(c3cc(F)c(CCc4ccc(Cl)c(F)c4)c(F)c3)CC2)CC1. The van der Waals surface area contributed by atoms with Crippen molar-refractivity contribution in [2.45, 2.75) is 96.3 Å². The van der Waals surface area contributed by atoms with Gasteiger partial charge in [-0.05, 0) is 97.6 Å². The summed E-state index contributed by atoms with van der Waals surface area (Å²) in [5.41, 5.74) is 1.57. The second kappa shape index (κ2) is 12.0. The highest BCUT2D eigenvalue weighted by Gasteiger charge is 2.26. The molecule has 2 aliphatic carbocycles. The maximum Gasteiger partial charge on any atom is 0.142 e. The summed E-state index contributed by atoms with van der Waals surface area (Å²) in [7, 11) is 0. The Kier molecular flexibility index (Phi) is 9.02. The molecule has 186 valence electrons. The number of halogens is 4. The molecule has 0 N–H and O–H groups in total. The Hall–Kier alpha value is -1.48. The van der Waals surface area contributed by atoms with Crippen LogP contribution >= 0.6 is 11.6 Å². The summed E-state index contributed by atoms with van der Waals surface area (Å²) in [5.74, 6) is 1.44. The van der Waals surface area contributed by atoms with E-state index in [1.54, 1.807) is 6.07 Å². The molecule has 0 amide bonds. The highest BCUT2D eigenvalue weighted by Crippen LogP contribution is 2.40. The van der Waals surface area contributed by atoms with Crippen molar-refractivity contribution in [3.63, 3.8) is 0 Å². The Labute approximate surface area is 208 Å². The number of hydrogen-bond acceptors (Lipinski definition) is 0. The van der Waals surface area contributed by atoms with E-state index in [1.165, 1.54) is 82.1 Å². The van der Waals surface area contributed by atoms with Gasteiger partial charge >= 0.3 is 0 Å². The third-order valence-corrected chi connectivity index (χ3v) is 8.96. The second-order valence-electron chi connectivity index (χ2n) is 10.8. The van der Waals surface area contributed by atoms with E-state index in [-0.39, 0.29) is 22.9 Å². The smallest absolute Gasteiger partial charge is 0.142 e. The number of rotatable bonds is 8. The molecule has 0 spiro atoms. The molecule has 34 heavy (non-hydrogen) atoms. The molecule has 0 unspecified atom stereocenters. The third kappa shape index (κ3) is 6.59. The van der Waals surface area contributed by atoms with Gasteiger partial charge in [0.25, 0.3) is 0 Å². The van der Waals surface area contributed by atoms with Crippen molar-refractivity contribution in [2.75, 3.05) is 0 Å². The van der Waals surface area contributed by atoms with E-state index in [0.717, 1.165) is 36.2 Å². The topological polar surface area (TPSA) is 0 Å². The molecule has 2 saturated carbocycles. The van der Waals surface area contributed by atoms with Gasteiger partial charge in [0, 0.05) is 5.56 Å². The first-order valence-corrected chi connectivity index (χ1v) is 13.7. The molecule has 0 heterocycles. The van der Waals surface area contributed by atoms with Gasteiger partial charge in [0.15, 0.2) is 0 Å².